The lowest BCUT2D eigenvalue weighted by atomic mass is 10.2. The first kappa shape index (κ1) is 15.2. The van der Waals surface area contributed by atoms with Crippen LogP contribution in [-0.2, 0) is 4.79 Å². The first-order valence-corrected chi connectivity index (χ1v) is 6.75. The molecule has 0 aliphatic rings. The molecular weight excluding hydrogens is 242 g/mol. The number of carbonyl (C=O) groups excluding carboxylic acids is 1. The Hall–Kier alpha value is -1.85. The van der Waals surface area contributed by atoms with E-state index in [1.807, 2.05) is 20.8 Å². The molecule has 1 unspecified atom stereocenters. The number of nitrogens with one attached hydrogen (secondary N) is 3. The summed E-state index contributed by atoms with van der Waals surface area (Å²) in [5, 5.41) is 9.08. The molecule has 1 amide bonds. The number of anilines is 2. The predicted octanol–water partition coefficient (Wildman–Crippen LogP) is 1.63. The number of hydrogen-bond donors (Lipinski definition) is 3. The van der Waals surface area contributed by atoms with Gasteiger partial charge in [-0.25, -0.2) is 4.98 Å². The second-order valence-corrected chi connectivity index (χ2v) is 4.35. The van der Waals surface area contributed by atoms with Gasteiger partial charge in [0.1, 0.15) is 5.82 Å². The molecule has 1 aromatic heterocycles. The average molecular weight is 265 g/mol. The molecule has 0 spiro atoms. The van der Waals surface area contributed by atoms with Crippen LogP contribution in [0.1, 0.15) is 33.6 Å². The maximum absolute atomic E-state index is 11.6. The lowest BCUT2D eigenvalue weighted by Gasteiger charge is -2.11. The van der Waals surface area contributed by atoms with Crippen LogP contribution in [0.15, 0.2) is 12.3 Å². The van der Waals surface area contributed by atoms with E-state index in [1.165, 1.54) is 0 Å². The molecule has 0 saturated heterocycles. The maximum atomic E-state index is 11.6. The minimum Gasteiger partial charge on any atom is -0.369 e. The quantitative estimate of drug-likeness (QED) is 0.665. The van der Waals surface area contributed by atoms with Crippen molar-refractivity contribution in [2.45, 2.75) is 39.7 Å². The van der Waals surface area contributed by atoms with Gasteiger partial charge >= 0.3 is 0 Å². The molecule has 1 rings (SSSR count). The zero-order chi connectivity index (χ0) is 14.1. The molecule has 19 heavy (non-hydrogen) atoms. The fourth-order valence-electron chi connectivity index (χ4n) is 1.45. The molecule has 6 heteroatoms. The van der Waals surface area contributed by atoms with Gasteiger partial charge in [-0.15, -0.1) is 0 Å². The second-order valence-electron chi connectivity index (χ2n) is 4.35. The van der Waals surface area contributed by atoms with Crippen molar-refractivity contribution in [3.05, 3.63) is 12.3 Å². The van der Waals surface area contributed by atoms with Crippen LogP contribution in [-0.4, -0.2) is 35.0 Å². The van der Waals surface area contributed by atoms with E-state index in [0.29, 0.717) is 18.9 Å². The van der Waals surface area contributed by atoms with E-state index in [0.717, 1.165) is 18.8 Å². The second kappa shape index (κ2) is 8.29. The van der Waals surface area contributed by atoms with Crippen molar-refractivity contribution in [1.29, 1.82) is 0 Å². The van der Waals surface area contributed by atoms with Gasteiger partial charge in [-0.1, -0.05) is 6.92 Å². The van der Waals surface area contributed by atoms with Crippen molar-refractivity contribution in [3.63, 3.8) is 0 Å². The van der Waals surface area contributed by atoms with E-state index in [1.54, 1.807) is 12.3 Å². The van der Waals surface area contributed by atoms with E-state index in [2.05, 4.69) is 25.9 Å². The van der Waals surface area contributed by atoms with Crippen molar-refractivity contribution in [2.75, 3.05) is 23.7 Å². The van der Waals surface area contributed by atoms with E-state index in [9.17, 15) is 4.79 Å². The molecule has 1 aromatic rings. The fourth-order valence-corrected chi connectivity index (χ4v) is 1.45. The summed E-state index contributed by atoms with van der Waals surface area (Å²) < 4.78 is 0. The number of hydrogen-bond acceptors (Lipinski definition) is 5. The van der Waals surface area contributed by atoms with Gasteiger partial charge in [0, 0.05) is 31.7 Å². The SMILES string of the molecule is CCNc1nccc(NCCC(=O)NC(C)CC)n1. The predicted molar refractivity (Wildman–Crippen MR) is 77.2 cm³/mol. The smallest absolute Gasteiger partial charge is 0.224 e. The number of rotatable bonds is 8. The molecular formula is C13H23N5O. The van der Waals surface area contributed by atoms with E-state index >= 15 is 0 Å². The topological polar surface area (TPSA) is 78.9 Å². The van der Waals surface area contributed by atoms with Crippen LogP contribution in [0.25, 0.3) is 0 Å². The van der Waals surface area contributed by atoms with Crippen LogP contribution in [0.4, 0.5) is 11.8 Å². The Bertz CT molecular complexity index is 396. The summed E-state index contributed by atoms with van der Waals surface area (Å²) in [6.07, 6.45) is 3.06. The van der Waals surface area contributed by atoms with Crippen LogP contribution in [0.3, 0.4) is 0 Å². The summed E-state index contributed by atoms with van der Waals surface area (Å²) >= 11 is 0. The van der Waals surface area contributed by atoms with Gasteiger partial charge in [0.05, 0.1) is 0 Å². The van der Waals surface area contributed by atoms with Gasteiger partial charge in [0.2, 0.25) is 11.9 Å². The minimum absolute atomic E-state index is 0.0582. The van der Waals surface area contributed by atoms with Crippen LogP contribution in [0.2, 0.25) is 0 Å². The molecule has 0 aliphatic carbocycles. The summed E-state index contributed by atoms with van der Waals surface area (Å²) in [6, 6.07) is 2.01. The highest BCUT2D eigenvalue weighted by Crippen LogP contribution is 2.05. The van der Waals surface area contributed by atoms with E-state index < -0.39 is 0 Å². The number of nitrogens with zero attached hydrogens (tertiary/aromatic N) is 2. The third-order valence-electron chi connectivity index (χ3n) is 2.67. The first-order valence-electron chi connectivity index (χ1n) is 6.75. The highest BCUT2D eigenvalue weighted by atomic mass is 16.1. The number of amides is 1. The first-order chi connectivity index (χ1) is 9.15. The Kier molecular flexibility index (Phi) is 6.63. The lowest BCUT2D eigenvalue weighted by Crippen LogP contribution is -2.33. The zero-order valence-corrected chi connectivity index (χ0v) is 11.9. The summed E-state index contributed by atoms with van der Waals surface area (Å²) in [7, 11) is 0. The molecule has 1 heterocycles. The number of carbonyl (C=O) groups is 1. The third-order valence-corrected chi connectivity index (χ3v) is 2.67. The van der Waals surface area contributed by atoms with Gasteiger partial charge in [-0.05, 0) is 26.3 Å². The van der Waals surface area contributed by atoms with Crippen molar-refractivity contribution in [1.82, 2.24) is 15.3 Å². The molecule has 0 radical (unpaired) electrons. The largest absolute Gasteiger partial charge is 0.369 e. The Morgan fingerprint density at radius 1 is 1.37 bits per heavy atom. The molecule has 6 nitrogen and oxygen atoms in total. The van der Waals surface area contributed by atoms with Crippen LogP contribution in [0, 0.1) is 0 Å². The molecule has 1 atom stereocenters. The minimum atomic E-state index is 0.0582. The van der Waals surface area contributed by atoms with Crippen LogP contribution >= 0.6 is 0 Å². The van der Waals surface area contributed by atoms with Crippen LogP contribution < -0.4 is 16.0 Å². The van der Waals surface area contributed by atoms with Gasteiger partial charge in [-0.2, -0.15) is 4.98 Å². The molecule has 0 fully saturated rings. The van der Waals surface area contributed by atoms with Crippen LogP contribution in [0.5, 0.6) is 0 Å². The normalized spacial score (nSPS) is 11.7. The van der Waals surface area contributed by atoms with Crippen molar-refractivity contribution >= 4 is 17.7 Å². The Morgan fingerprint density at radius 3 is 2.84 bits per heavy atom. The lowest BCUT2D eigenvalue weighted by molar-refractivity contribution is -0.121. The monoisotopic (exact) mass is 265 g/mol. The Morgan fingerprint density at radius 2 is 2.16 bits per heavy atom. The summed E-state index contributed by atoms with van der Waals surface area (Å²) in [5.41, 5.74) is 0. The highest BCUT2D eigenvalue weighted by Gasteiger charge is 2.05. The molecule has 0 aliphatic heterocycles. The average Bonchev–Trinajstić information content (AvgIpc) is 2.39. The Labute approximate surface area is 114 Å². The van der Waals surface area contributed by atoms with Crippen molar-refractivity contribution in [3.8, 4) is 0 Å². The van der Waals surface area contributed by atoms with Gasteiger partial charge in [0.25, 0.3) is 0 Å². The Balaban J connectivity index is 2.32. The van der Waals surface area contributed by atoms with Crippen molar-refractivity contribution < 1.29 is 4.79 Å². The maximum Gasteiger partial charge on any atom is 0.224 e. The molecule has 0 bridgehead atoms. The fraction of sp³-hybridized carbons (Fsp3) is 0.615. The highest BCUT2D eigenvalue weighted by molar-refractivity contribution is 5.76. The molecule has 3 N–H and O–H groups in total. The zero-order valence-electron chi connectivity index (χ0n) is 11.9. The molecule has 0 aromatic carbocycles. The molecule has 106 valence electrons. The van der Waals surface area contributed by atoms with Gasteiger partial charge in [0.15, 0.2) is 0 Å². The van der Waals surface area contributed by atoms with Crippen molar-refractivity contribution in [2.24, 2.45) is 0 Å². The van der Waals surface area contributed by atoms with E-state index in [-0.39, 0.29) is 11.9 Å². The summed E-state index contributed by atoms with van der Waals surface area (Å²) in [4.78, 5) is 19.9. The standard InChI is InChI=1S/C13H23N5O/c1-4-10(3)17-12(19)7-9-15-11-6-8-16-13(18-11)14-5-2/h6,8,10H,4-5,7,9H2,1-3H3,(H,17,19)(H2,14,15,16,18). The third kappa shape index (κ3) is 6.03. The summed E-state index contributed by atoms with van der Waals surface area (Å²) in [5.74, 6) is 1.38. The molecule has 0 saturated carbocycles. The van der Waals surface area contributed by atoms with Gasteiger partial charge < -0.3 is 16.0 Å². The van der Waals surface area contributed by atoms with Gasteiger partial charge in [-0.3, -0.25) is 4.79 Å². The summed E-state index contributed by atoms with van der Waals surface area (Å²) in [6.45, 7) is 7.37. The van der Waals surface area contributed by atoms with E-state index in [4.69, 9.17) is 0 Å². The number of aromatic nitrogens is 2.